The highest BCUT2D eigenvalue weighted by atomic mass is 16.5. The molecule has 0 fully saturated rings. The molecule has 0 aliphatic heterocycles. The Bertz CT molecular complexity index is 556. The van der Waals surface area contributed by atoms with E-state index in [0.29, 0.717) is 17.5 Å². The normalized spacial score (nSPS) is 10.3. The molecule has 2 aromatic rings. The molecule has 2 N–H and O–H groups in total. The molecule has 0 amide bonds. The molecular weight excluding hydrogens is 254 g/mol. The highest BCUT2D eigenvalue weighted by Crippen LogP contribution is 2.22. The van der Waals surface area contributed by atoms with Crippen molar-refractivity contribution in [1.29, 1.82) is 0 Å². The molecular formula is C15H19N3O2. The quantitative estimate of drug-likeness (QED) is 0.847. The van der Waals surface area contributed by atoms with Crippen LogP contribution in [0.1, 0.15) is 24.7 Å². The van der Waals surface area contributed by atoms with E-state index in [-0.39, 0.29) is 6.61 Å². The van der Waals surface area contributed by atoms with Crippen LogP contribution in [0.25, 0.3) is 0 Å². The lowest BCUT2D eigenvalue weighted by molar-refractivity contribution is 0.281. The summed E-state index contributed by atoms with van der Waals surface area (Å²) in [6.07, 6.45) is 1.03. The number of nitrogens with zero attached hydrogens (tertiary/aromatic N) is 2. The third-order valence-electron chi connectivity index (χ3n) is 2.70. The second kappa shape index (κ2) is 6.86. The average molecular weight is 273 g/mol. The summed E-state index contributed by atoms with van der Waals surface area (Å²) >= 11 is 0. The SMILES string of the molecule is CCCNc1cc(Oc2ccc(CO)cc2)nc(C)n1. The molecule has 0 unspecified atom stereocenters. The van der Waals surface area contributed by atoms with Crippen molar-refractivity contribution in [3.05, 3.63) is 41.7 Å². The summed E-state index contributed by atoms with van der Waals surface area (Å²) in [7, 11) is 0. The van der Waals surface area contributed by atoms with Crippen molar-refractivity contribution in [1.82, 2.24) is 9.97 Å². The molecule has 1 aromatic heterocycles. The van der Waals surface area contributed by atoms with Gasteiger partial charge in [-0.05, 0) is 31.0 Å². The van der Waals surface area contributed by atoms with Crippen LogP contribution in [0.3, 0.4) is 0 Å². The summed E-state index contributed by atoms with van der Waals surface area (Å²) in [6.45, 7) is 4.82. The van der Waals surface area contributed by atoms with Crippen LogP contribution in [0.5, 0.6) is 11.6 Å². The van der Waals surface area contributed by atoms with Crippen molar-refractivity contribution in [2.45, 2.75) is 26.9 Å². The van der Waals surface area contributed by atoms with Gasteiger partial charge in [-0.3, -0.25) is 0 Å². The largest absolute Gasteiger partial charge is 0.439 e. The smallest absolute Gasteiger partial charge is 0.224 e. The molecule has 0 atom stereocenters. The molecule has 0 aliphatic rings. The number of aliphatic hydroxyl groups excluding tert-OH is 1. The van der Waals surface area contributed by atoms with Crippen LogP contribution in [-0.4, -0.2) is 21.6 Å². The van der Waals surface area contributed by atoms with E-state index in [1.54, 1.807) is 6.07 Å². The average Bonchev–Trinajstić information content (AvgIpc) is 2.45. The van der Waals surface area contributed by atoms with Gasteiger partial charge in [0.2, 0.25) is 5.88 Å². The molecule has 5 nitrogen and oxygen atoms in total. The molecule has 20 heavy (non-hydrogen) atoms. The van der Waals surface area contributed by atoms with Gasteiger partial charge < -0.3 is 15.2 Å². The Balaban J connectivity index is 2.12. The summed E-state index contributed by atoms with van der Waals surface area (Å²) in [4.78, 5) is 8.56. The van der Waals surface area contributed by atoms with Gasteiger partial charge in [0.25, 0.3) is 0 Å². The number of anilines is 1. The lowest BCUT2D eigenvalue weighted by Gasteiger charge is -2.09. The number of aliphatic hydroxyl groups is 1. The third-order valence-corrected chi connectivity index (χ3v) is 2.70. The summed E-state index contributed by atoms with van der Waals surface area (Å²) in [5.74, 6) is 2.61. The zero-order chi connectivity index (χ0) is 14.4. The van der Waals surface area contributed by atoms with Crippen molar-refractivity contribution in [2.24, 2.45) is 0 Å². The summed E-state index contributed by atoms with van der Waals surface area (Å²) in [5.41, 5.74) is 0.849. The molecule has 0 bridgehead atoms. The molecule has 1 aromatic carbocycles. The van der Waals surface area contributed by atoms with E-state index < -0.39 is 0 Å². The molecule has 0 aliphatic carbocycles. The molecule has 5 heteroatoms. The van der Waals surface area contributed by atoms with Crippen LogP contribution in [0.4, 0.5) is 5.82 Å². The first kappa shape index (κ1) is 14.3. The Morgan fingerprint density at radius 1 is 1.20 bits per heavy atom. The number of nitrogens with one attached hydrogen (secondary N) is 1. The highest BCUT2D eigenvalue weighted by Gasteiger charge is 2.04. The highest BCUT2D eigenvalue weighted by molar-refractivity contribution is 5.40. The zero-order valence-corrected chi connectivity index (χ0v) is 11.8. The zero-order valence-electron chi connectivity index (χ0n) is 11.8. The summed E-state index contributed by atoms with van der Waals surface area (Å²) in [6, 6.07) is 9.03. The molecule has 0 saturated heterocycles. The maximum Gasteiger partial charge on any atom is 0.224 e. The van der Waals surface area contributed by atoms with Crippen LogP contribution >= 0.6 is 0 Å². The van der Waals surface area contributed by atoms with Crippen molar-refractivity contribution in [3.8, 4) is 11.6 Å². The van der Waals surface area contributed by atoms with Crippen molar-refractivity contribution in [2.75, 3.05) is 11.9 Å². The second-order valence-corrected chi connectivity index (χ2v) is 4.47. The minimum atomic E-state index is 0.0258. The lowest BCUT2D eigenvalue weighted by atomic mass is 10.2. The molecule has 0 spiro atoms. The fourth-order valence-electron chi connectivity index (χ4n) is 1.72. The van der Waals surface area contributed by atoms with E-state index in [2.05, 4.69) is 22.2 Å². The fraction of sp³-hybridized carbons (Fsp3) is 0.333. The van der Waals surface area contributed by atoms with Gasteiger partial charge in [0.1, 0.15) is 17.4 Å². The molecule has 0 saturated carbocycles. The standard InChI is InChI=1S/C15H19N3O2/c1-3-8-16-14-9-15(18-11(2)17-14)20-13-6-4-12(10-19)5-7-13/h4-7,9,19H,3,8,10H2,1-2H3,(H,16,17,18). The van der Waals surface area contributed by atoms with Crippen LogP contribution < -0.4 is 10.1 Å². The first-order valence-electron chi connectivity index (χ1n) is 6.68. The van der Waals surface area contributed by atoms with Crippen LogP contribution in [-0.2, 0) is 6.61 Å². The number of aryl methyl sites for hydroxylation is 1. The van der Waals surface area contributed by atoms with E-state index in [4.69, 9.17) is 9.84 Å². The van der Waals surface area contributed by atoms with Crippen LogP contribution in [0.2, 0.25) is 0 Å². The van der Waals surface area contributed by atoms with Gasteiger partial charge in [0.05, 0.1) is 6.61 Å². The first-order valence-corrected chi connectivity index (χ1v) is 6.68. The maximum atomic E-state index is 9.00. The maximum absolute atomic E-state index is 9.00. The topological polar surface area (TPSA) is 67.3 Å². The fourth-order valence-corrected chi connectivity index (χ4v) is 1.72. The monoisotopic (exact) mass is 273 g/mol. The predicted molar refractivity (Wildman–Crippen MR) is 78.0 cm³/mol. The minimum absolute atomic E-state index is 0.0258. The van der Waals surface area contributed by atoms with Gasteiger partial charge in [0, 0.05) is 12.6 Å². The number of hydrogen-bond donors (Lipinski definition) is 2. The van der Waals surface area contributed by atoms with Gasteiger partial charge >= 0.3 is 0 Å². The van der Waals surface area contributed by atoms with E-state index in [1.165, 1.54) is 0 Å². The van der Waals surface area contributed by atoms with Gasteiger partial charge in [-0.1, -0.05) is 19.1 Å². The Labute approximate surface area is 118 Å². The second-order valence-electron chi connectivity index (χ2n) is 4.47. The Morgan fingerprint density at radius 3 is 2.60 bits per heavy atom. The van der Waals surface area contributed by atoms with E-state index in [9.17, 15) is 0 Å². The van der Waals surface area contributed by atoms with E-state index in [1.807, 2.05) is 31.2 Å². The first-order chi connectivity index (χ1) is 9.71. The number of rotatable bonds is 6. The molecule has 0 radical (unpaired) electrons. The van der Waals surface area contributed by atoms with Crippen molar-refractivity contribution < 1.29 is 9.84 Å². The summed E-state index contributed by atoms with van der Waals surface area (Å²) < 4.78 is 5.71. The van der Waals surface area contributed by atoms with Crippen LogP contribution in [0.15, 0.2) is 30.3 Å². The number of hydrogen-bond acceptors (Lipinski definition) is 5. The predicted octanol–water partition coefficient (Wildman–Crippen LogP) is 2.89. The van der Waals surface area contributed by atoms with E-state index in [0.717, 1.165) is 24.3 Å². The Morgan fingerprint density at radius 2 is 1.95 bits per heavy atom. The van der Waals surface area contributed by atoms with E-state index >= 15 is 0 Å². The molecule has 1 heterocycles. The summed E-state index contributed by atoms with van der Waals surface area (Å²) in [5, 5.41) is 12.2. The Hall–Kier alpha value is -2.14. The number of ether oxygens (including phenoxy) is 1. The lowest BCUT2D eigenvalue weighted by Crippen LogP contribution is -2.04. The van der Waals surface area contributed by atoms with Crippen molar-refractivity contribution in [3.63, 3.8) is 0 Å². The van der Waals surface area contributed by atoms with Crippen molar-refractivity contribution >= 4 is 5.82 Å². The third kappa shape index (κ3) is 3.93. The van der Waals surface area contributed by atoms with Gasteiger partial charge in [-0.15, -0.1) is 0 Å². The molecule has 106 valence electrons. The molecule has 2 rings (SSSR count). The number of aromatic nitrogens is 2. The minimum Gasteiger partial charge on any atom is -0.439 e. The number of benzene rings is 1. The van der Waals surface area contributed by atoms with Crippen LogP contribution in [0, 0.1) is 6.92 Å². The van der Waals surface area contributed by atoms with Gasteiger partial charge in [0.15, 0.2) is 0 Å². The van der Waals surface area contributed by atoms with Gasteiger partial charge in [-0.2, -0.15) is 4.98 Å². The van der Waals surface area contributed by atoms with Gasteiger partial charge in [-0.25, -0.2) is 4.98 Å². The Kier molecular flexibility index (Phi) is 4.90.